The predicted molar refractivity (Wildman–Crippen MR) is 102 cm³/mol. The van der Waals surface area contributed by atoms with Crippen LogP contribution in [0.4, 0.5) is 0 Å². The molecule has 124 valence electrons. The van der Waals surface area contributed by atoms with Gasteiger partial charge in [0.15, 0.2) is 0 Å². The molecule has 5 heteroatoms. The standard InChI is InChI=1S/C21H13N3O2/c1-24-9-8-10-6-7-12-15(19(10)24)17-16(20(25)23-21(17)26)14-11-4-2-3-5-13(11)22-18(12)14/h2-9,22H,1H3,(H,23,25,26). The van der Waals surface area contributed by atoms with Gasteiger partial charge in [-0.1, -0.05) is 30.3 Å². The summed E-state index contributed by atoms with van der Waals surface area (Å²) in [7, 11) is 1.96. The fourth-order valence-corrected chi connectivity index (χ4v) is 4.39. The number of hydrogen-bond acceptors (Lipinski definition) is 2. The first-order chi connectivity index (χ1) is 12.6. The molecule has 0 spiro atoms. The van der Waals surface area contributed by atoms with E-state index in [2.05, 4.69) is 16.4 Å². The lowest BCUT2D eigenvalue weighted by Gasteiger charge is -2.09. The van der Waals surface area contributed by atoms with Crippen LogP contribution in [0.2, 0.25) is 0 Å². The second kappa shape index (κ2) is 4.32. The summed E-state index contributed by atoms with van der Waals surface area (Å²) in [5.74, 6) is -0.649. The van der Waals surface area contributed by atoms with Gasteiger partial charge in [-0.05, 0) is 12.1 Å². The van der Waals surface area contributed by atoms with Crippen LogP contribution in [0.15, 0.2) is 48.7 Å². The van der Waals surface area contributed by atoms with Gasteiger partial charge in [0.1, 0.15) is 0 Å². The van der Waals surface area contributed by atoms with Gasteiger partial charge < -0.3 is 9.55 Å². The van der Waals surface area contributed by atoms with Crippen LogP contribution in [-0.2, 0) is 7.05 Å². The number of carbonyl (C=O) groups is 2. The molecule has 0 saturated heterocycles. The molecule has 1 aliphatic heterocycles. The number of H-pyrrole nitrogens is 1. The van der Waals surface area contributed by atoms with Crippen LogP contribution in [0.3, 0.4) is 0 Å². The van der Waals surface area contributed by atoms with Gasteiger partial charge in [-0.25, -0.2) is 0 Å². The zero-order chi connectivity index (χ0) is 17.6. The normalized spacial score (nSPS) is 14.0. The lowest BCUT2D eigenvalue weighted by molar-refractivity contribution is 0.0880. The average molecular weight is 339 g/mol. The number of hydrogen-bond donors (Lipinski definition) is 2. The van der Waals surface area contributed by atoms with Gasteiger partial charge in [0.25, 0.3) is 11.8 Å². The maximum atomic E-state index is 12.7. The number of rotatable bonds is 0. The molecule has 5 aromatic rings. The molecule has 0 saturated carbocycles. The SMILES string of the molecule is Cn1ccc2ccc3c4[nH]c5ccccc5c4c4c(c3c21)C(=O)NC4=O. The molecule has 0 bridgehead atoms. The maximum Gasteiger partial charge on any atom is 0.259 e. The number of benzene rings is 3. The highest BCUT2D eigenvalue weighted by Gasteiger charge is 2.34. The summed E-state index contributed by atoms with van der Waals surface area (Å²) in [6.07, 6.45) is 1.97. The van der Waals surface area contributed by atoms with Gasteiger partial charge in [0.05, 0.1) is 22.2 Å². The van der Waals surface area contributed by atoms with Gasteiger partial charge in [-0.2, -0.15) is 0 Å². The molecule has 3 aromatic carbocycles. The molecule has 0 radical (unpaired) electrons. The number of amides is 2. The van der Waals surface area contributed by atoms with E-state index in [-0.39, 0.29) is 11.8 Å². The second-order valence-electron chi connectivity index (χ2n) is 6.81. The fourth-order valence-electron chi connectivity index (χ4n) is 4.39. The number of carbonyl (C=O) groups excluding carboxylic acids is 2. The molecule has 3 heterocycles. The molecule has 0 aliphatic carbocycles. The van der Waals surface area contributed by atoms with E-state index in [1.165, 1.54) is 0 Å². The Bertz CT molecular complexity index is 1450. The molecule has 1 aliphatic rings. The summed E-state index contributed by atoms with van der Waals surface area (Å²) in [4.78, 5) is 28.9. The predicted octanol–water partition coefficient (Wildman–Crippen LogP) is 3.85. The third-order valence-corrected chi connectivity index (χ3v) is 5.45. The molecule has 0 atom stereocenters. The zero-order valence-electron chi connectivity index (χ0n) is 13.9. The van der Waals surface area contributed by atoms with E-state index in [1.54, 1.807) is 0 Å². The van der Waals surface area contributed by atoms with E-state index in [0.29, 0.717) is 11.1 Å². The molecular weight excluding hydrogens is 326 g/mol. The van der Waals surface area contributed by atoms with E-state index >= 15 is 0 Å². The molecular formula is C21H13N3O2. The van der Waals surface area contributed by atoms with Crippen molar-refractivity contribution in [1.29, 1.82) is 0 Å². The number of para-hydroxylation sites is 1. The van der Waals surface area contributed by atoms with Gasteiger partial charge in [0, 0.05) is 45.7 Å². The Labute approximate surface area is 147 Å². The van der Waals surface area contributed by atoms with Crippen LogP contribution in [-0.4, -0.2) is 21.4 Å². The van der Waals surface area contributed by atoms with Crippen LogP contribution in [0, 0.1) is 0 Å². The minimum absolute atomic E-state index is 0.323. The van der Waals surface area contributed by atoms with Crippen molar-refractivity contribution in [3.63, 3.8) is 0 Å². The number of fused-ring (bicyclic) bond motifs is 10. The quantitative estimate of drug-likeness (QED) is 0.421. The summed E-state index contributed by atoms with van der Waals surface area (Å²) in [6, 6.07) is 14.0. The van der Waals surface area contributed by atoms with E-state index in [0.717, 1.165) is 43.5 Å². The fraction of sp³-hybridized carbons (Fsp3) is 0.0476. The second-order valence-corrected chi connectivity index (χ2v) is 6.81. The Kier molecular flexibility index (Phi) is 2.27. The van der Waals surface area contributed by atoms with E-state index in [9.17, 15) is 9.59 Å². The third-order valence-electron chi connectivity index (χ3n) is 5.45. The summed E-state index contributed by atoms with van der Waals surface area (Å²) in [6.45, 7) is 0. The van der Waals surface area contributed by atoms with Gasteiger partial charge >= 0.3 is 0 Å². The first kappa shape index (κ1) is 13.7. The molecule has 5 nitrogen and oxygen atoms in total. The first-order valence-electron chi connectivity index (χ1n) is 8.45. The van der Waals surface area contributed by atoms with Crippen LogP contribution in [0.1, 0.15) is 20.7 Å². The van der Waals surface area contributed by atoms with Crippen molar-refractivity contribution in [2.24, 2.45) is 7.05 Å². The topological polar surface area (TPSA) is 66.9 Å². The summed E-state index contributed by atoms with van der Waals surface area (Å²) in [5.41, 5.74) is 3.77. The Morgan fingerprint density at radius 3 is 2.46 bits per heavy atom. The monoisotopic (exact) mass is 339 g/mol. The minimum Gasteiger partial charge on any atom is -0.354 e. The van der Waals surface area contributed by atoms with Crippen molar-refractivity contribution in [2.45, 2.75) is 0 Å². The molecule has 6 rings (SSSR count). The number of nitrogens with one attached hydrogen (secondary N) is 2. The highest BCUT2D eigenvalue weighted by Crippen LogP contribution is 2.41. The Hall–Kier alpha value is -3.60. The Balaban J connectivity index is 2.04. The smallest absolute Gasteiger partial charge is 0.259 e. The van der Waals surface area contributed by atoms with Crippen molar-refractivity contribution < 1.29 is 9.59 Å². The van der Waals surface area contributed by atoms with E-state index < -0.39 is 0 Å². The number of aromatic nitrogens is 2. The highest BCUT2D eigenvalue weighted by molar-refractivity contribution is 6.39. The van der Waals surface area contributed by atoms with Crippen LogP contribution >= 0.6 is 0 Å². The van der Waals surface area contributed by atoms with Crippen LogP contribution in [0.5, 0.6) is 0 Å². The first-order valence-corrected chi connectivity index (χ1v) is 8.45. The van der Waals surface area contributed by atoms with Crippen molar-refractivity contribution in [1.82, 2.24) is 14.9 Å². The Morgan fingerprint density at radius 2 is 1.62 bits per heavy atom. The molecule has 26 heavy (non-hydrogen) atoms. The molecule has 0 fully saturated rings. The maximum absolute atomic E-state index is 12.7. The summed E-state index contributed by atoms with van der Waals surface area (Å²) >= 11 is 0. The highest BCUT2D eigenvalue weighted by atomic mass is 16.2. The Morgan fingerprint density at radius 1 is 0.846 bits per heavy atom. The van der Waals surface area contributed by atoms with Crippen molar-refractivity contribution >= 4 is 55.3 Å². The number of imide groups is 1. The van der Waals surface area contributed by atoms with Crippen molar-refractivity contribution in [2.75, 3.05) is 0 Å². The summed E-state index contributed by atoms with van der Waals surface area (Å²) in [5, 5.41) is 7.10. The average Bonchev–Trinajstić information content (AvgIpc) is 3.29. The lowest BCUT2D eigenvalue weighted by atomic mass is 9.93. The molecule has 2 N–H and O–H groups in total. The van der Waals surface area contributed by atoms with Crippen molar-refractivity contribution in [3.05, 3.63) is 59.8 Å². The minimum atomic E-state index is -0.326. The molecule has 2 amide bonds. The van der Waals surface area contributed by atoms with E-state index in [1.807, 2.05) is 54.2 Å². The van der Waals surface area contributed by atoms with Crippen LogP contribution in [0.25, 0.3) is 43.5 Å². The number of aryl methyl sites for hydroxylation is 1. The van der Waals surface area contributed by atoms with Gasteiger partial charge in [-0.15, -0.1) is 0 Å². The summed E-state index contributed by atoms with van der Waals surface area (Å²) < 4.78 is 2.00. The number of aromatic amines is 1. The van der Waals surface area contributed by atoms with Gasteiger partial charge in [0.2, 0.25) is 0 Å². The zero-order valence-corrected chi connectivity index (χ0v) is 13.9. The molecule has 0 unspecified atom stereocenters. The van der Waals surface area contributed by atoms with Crippen LogP contribution < -0.4 is 5.32 Å². The molecule has 2 aromatic heterocycles. The largest absolute Gasteiger partial charge is 0.354 e. The third kappa shape index (κ3) is 1.43. The van der Waals surface area contributed by atoms with Crippen molar-refractivity contribution in [3.8, 4) is 0 Å². The van der Waals surface area contributed by atoms with E-state index in [4.69, 9.17) is 0 Å². The number of nitrogens with zero attached hydrogens (tertiary/aromatic N) is 1. The lowest BCUT2D eigenvalue weighted by Crippen LogP contribution is -2.20. The van der Waals surface area contributed by atoms with Gasteiger partial charge in [-0.3, -0.25) is 14.9 Å².